The van der Waals surface area contributed by atoms with Gasteiger partial charge in [0, 0.05) is 15.8 Å². The number of amides is 1. The lowest BCUT2D eigenvalue weighted by molar-refractivity contribution is -0.117. The Labute approximate surface area is 248 Å². The number of halogens is 2. The summed E-state index contributed by atoms with van der Waals surface area (Å²) in [5, 5.41) is 20.7. The van der Waals surface area contributed by atoms with Gasteiger partial charge >= 0.3 is 0 Å². The monoisotopic (exact) mass is 609 g/mol. The van der Waals surface area contributed by atoms with Gasteiger partial charge in [0.25, 0.3) is 5.91 Å². The van der Waals surface area contributed by atoms with Gasteiger partial charge in [0.1, 0.15) is 5.75 Å². The SMILES string of the molecule is COc1ccc(C2C(C(=O)C=Cc3ccccc3)=C(O)C(=O)N2c2nnc(SCc3ccc(Cl)cc3Cl)s2)cc1. The van der Waals surface area contributed by atoms with Gasteiger partial charge in [-0.3, -0.25) is 14.5 Å². The molecule has 1 aromatic heterocycles. The molecule has 3 aromatic carbocycles. The Hall–Kier alpha value is -3.63. The molecule has 1 aliphatic heterocycles. The molecule has 0 spiro atoms. The molecule has 0 aliphatic carbocycles. The number of carbonyl (C=O) groups is 2. The van der Waals surface area contributed by atoms with E-state index in [9.17, 15) is 14.7 Å². The Bertz CT molecular complexity index is 1620. The maximum absolute atomic E-state index is 13.4. The summed E-state index contributed by atoms with van der Waals surface area (Å²) in [5.41, 5.74) is 2.25. The molecule has 0 saturated heterocycles. The standard InChI is InChI=1S/C29H21Cl2N3O4S2/c1-38-21-12-9-18(10-13-21)25-24(23(35)14-7-17-5-3-2-4-6-17)26(36)27(37)34(25)28-32-33-29(40-28)39-16-19-8-11-20(30)15-22(19)31/h2-15,25,36H,16H2,1H3. The van der Waals surface area contributed by atoms with Gasteiger partial charge in [0.05, 0.1) is 18.7 Å². The summed E-state index contributed by atoms with van der Waals surface area (Å²) in [5.74, 6) is -0.723. The zero-order chi connectivity index (χ0) is 28.2. The first-order valence-electron chi connectivity index (χ1n) is 11.9. The maximum atomic E-state index is 13.4. The van der Waals surface area contributed by atoms with Crippen LogP contribution >= 0.6 is 46.3 Å². The number of aliphatic hydroxyl groups excluding tert-OH is 1. The largest absolute Gasteiger partial charge is 0.503 e. The van der Waals surface area contributed by atoms with Gasteiger partial charge in [-0.2, -0.15) is 0 Å². The lowest BCUT2D eigenvalue weighted by atomic mass is 9.95. The van der Waals surface area contributed by atoms with Crippen LogP contribution in [-0.2, 0) is 15.3 Å². The van der Waals surface area contributed by atoms with Crippen LogP contribution in [0.4, 0.5) is 5.13 Å². The number of aliphatic hydroxyl groups is 1. The number of thioether (sulfide) groups is 1. The second kappa shape index (κ2) is 12.3. The summed E-state index contributed by atoms with van der Waals surface area (Å²) in [6.45, 7) is 0. The molecular weight excluding hydrogens is 589 g/mol. The third-order valence-electron chi connectivity index (χ3n) is 6.10. The second-order valence-electron chi connectivity index (χ2n) is 8.60. The molecule has 0 saturated carbocycles. The van der Waals surface area contributed by atoms with Gasteiger partial charge in [-0.25, -0.2) is 0 Å². The fourth-order valence-electron chi connectivity index (χ4n) is 4.12. The maximum Gasteiger partial charge on any atom is 0.296 e. The van der Waals surface area contributed by atoms with Crippen LogP contribution in [0.5, 0.6) is 5.75 Å². The van der Waals surface area contributed by atoms with E-state index in [1.54, 1.807) is 49.6 Å². The summed E-state index contributed by atoms with van der Waals surface area (Å²) < 4.78 is 5.86. The molecule has 1 unspecified atom stereocenters. The second-order valence-corrected chi connectivity index (χ2v) is 11.6. The van der Waals surface area contributed by atoms with Crippen molar-refractivity contribution in [3.8, 4) is 5.75 Å². The number of nitrogens with zero attached hydrogens (tertiary/aromatic N) is 3. The first-order valence-corrected chi connectivity index (χ1v) is 14.5. The molecule has 0 bridgehead atoms. The Morgan fingerprint density at radius 1 is 1.10 bits per heavy atom. The lowest BCUT2D eigenvalue weighted by Gasteiger charge is -2.23. The van der Waals surface area contributed by atoms with Crippen molar-refractivity contribution in [3.05, 3.63) is 117 Å². The van der Waals surface area contributed by atoms with Crippen molar-refractivity contribution in [2.75, 3.05) is 12.0 Å². The van der Waals surface area contributed by atoms with E-state index < -0.39 is 23.5 Å². The average Bonchev–Trinajstić information content (AvgIpc) is 3.53. The Kier molecular flexibility index (Phi) is 8.56. The number of ether oxygens (including phenoxy) is 1. The summed E-state index contributed by atoms with van der Waals surface area (Å²) >= 11 is 14.9. The number of benzene rings is 3. The predicted octanol–water partition coefficient (Wildman–Crippen LogP) is 7.33. The fraction of sp³-hybridized carbons (Fsp3) is 0.103. The highest BCUT2D eigenvalue weighted by molar-refractivity contribution is 8.00. The van der Waals surface area contributed by atoms with Gasteiger partial charge in [0.2, 0.25) is 5.13 Å². The number of anilines is 1. The summed E-state index contributed by atoms with van der Waals surface area (Å²) in [7, 11) is 1.55. The van der Waals surface area contributed by atoms with E-state index in [2.05, 4.69) is 10.2 Å². The van der Waals surface area contributed by atoms with Crippen LogP contribution in [0.1, 0.15) is 22.7 Å². The van der Waals surface area contributed by atoms with Gasteiger partial charge in [-0.05, 0) is 47.0 Å². The molecule has 1 amide bonds. The quantitative estimate of drug-likeness (QED) is 0.121. The third-order valence-corrected chi connectivity index (χ3v) is 8.79. The molecule has 0 radical (unpaired) electrons. The minimum Gasteiger partial charge on any atom is -0.503 e. The molecule has 0 fully saturated rings. The fourth-order valence-corrected chi connectivity index (χ4v) is 6.54. The van der Waals surface area contributed by atoms with Crippen molar-refractivity contribution in [2.24, 2.45) is 0 Å². The first kappa shape index (κ1) is 27.9. The minimum absolute atomic E-state index is 0.0419. The van der Waals surface area contributed by atoms with Crippen LogP contribution < -0.4 is 9.64 Å². The van der Waals surface area contributed by atoms with Crippen molar-refractivity contribution in [3.63, 3.8) is 0 Å². The van der Waals surface area contributed by atoms with Gasteiger partial charge in [-0.1, -0.05) is 101 Å². The topological polar surface area (TPSA) is 92.6 Å². The molecule has 202 valence electrons. The summed E-state index contributed by atoms with van der Waals surface area (Å²) in [6.07, 6.45) is 2.99. The minimum atomic E-state index is -0.914. The van der Waals surface area contributed by atoms with Crippen LogP contribution in [0.3, 0.4) is 0 Å². The molecule has 5 rings (SSSR count). The van der Waals surface area contributed by atoms with Crippen molar-refractivity contribution in [1.82, 2.24) is 10.2 Å². The molecule has 40 heavy (non-hydrogen) atoms. The zero-order valence-corrected chi connectivity index (χ0v) is 24.1. The number of hydrogen-bond acceptors (Lipinski definition) is 8. The molecule has 7 nitrogen and oxygen atoms in total. The van der Waals surface area contributed by atoms with E-state index in [0.717, 1.165) is 11.1 Å². The molecule has 11 heteroatoms. The number of aromatic nitrogens is 2. The number of methoxy groups -OCH3 is 1. The number of allylic oxidation sites excluding steroid dienone is 1. The average molecular weight is 611 g/mol. The smallest absolute Gasteiger partial charge is 0.296 e. The van der Waals surface area contributed by atoms with Crippen molar-refractivity contribution < 1.29 is 19.4 Å². The number of hydrogen-bond donors (Lipinski definition) is 1. The normalized spacial score (nSPS) is 15.3. The van der Waals surface area contributed by atoms with Gasteiger partial charge < -0.3 is 9.84 Å². The van der Waals surface area contributed by atoms with Crippen LogP contribution in [0.2, 0.25) is 10.0 Å². The molecular formula is C29H21Cl2N3O4S2. The van der Waals surface area contributed by atoms with Crippen molar-refractivity contribution >= 4 is 69.2 Å². The predicted molar refractivity (Wildman–Crippen MR) is 159 cm³/mol. The Morgan fingerprint density at radius 2 is 1.85 bits per heavy atom. The molecule has 1 N–H and O–H groups in total. The van der Waals surface area contributed by atoms with Crippen LogP contribution in [0.25, 0.3) is 6.08 Å². The van der Waals surface area contributed by atoms with Gasteiger partial charge in [-0.15, -0.1) is 10.2 Å². The molecule has 4 aromatic rings. The van der Waals surface area contributed by atoms with E-state index in [0.29, 0.717) is 31.5 Å². The van der Waals surface area contributed by atoms with E-state index in [4.69, 9.17) is 27.9 Å². The third kappa shape index (κ3) is 5.93. The molecule has 2 heterocycles. The number of rotatable bonds is 9. The summed E-state index contributed by atoms with van der Waals surface area (Å²) in [4.78, 5) is 28.1. The van der Waals surface area contributed by atoms with E-state index in [1.165, 1.54) is 34.1 Å². The van der Waals surface area contributed by atoms with E-state index in [-0.39, 0.29) is 10.7 Å². The highest BCUT2D eigenvalue weighted by Gasteiger charge is 2.45. The highest BCUT2D eigenvalue weighted by Crippen LogP contribution is 2.43. The van der Waals surface area contributed by atoms with Crippen molar-refractivity contribution in [2.45, 2.75) is 16.1 Å². The molecule has 1 atom stereocenters. The van der Waals surface area contributed by atoms with E-state index >= 15 is 0 Å². The van der Waals surface area contributed by atoms with Crippen LogP contribution in [0.15, 0.2) is 94.5 Å². The van der Waals surface area contributed by atoms with Crippen LogP contribution in [0, 0.1) is 0 Å². The van der Waals surface area contributed by atoms with Gasteiger partial charge in [0.15, 0.2) is 15.9 Å². The van der Waals surface area contributed by atoms with Crippen molar-refractivity contribution in [1.29, 1.82) is 0 Å². The van der Waals surface area contributed by atoms with Crippen LogP contribution in [-0.4, -0.2) is 34.1 Å². The Balaban J connectivity index is 1.46. The molecule has 1 aliphatic rings. The lowest BCUT2D eigenvalue weighted by Crippen LogP contribution is -2.30. The highest BCUT2D eigenvalue weighted by atomic mass is 35.5. The zero-order valence-electron chi connectivity index (χ0n) is 21.0. The Morgan fingerprint density at radius 3 is 2.55 bits per heavy atom. The first-order chi connectivity index (χ1) is 19.4. The number of carbonyl (C=O) groups excluding carboxylic acids is 2. The van der Waals surface area contributed by atoms with E-state index in [1.807, 2.05) is 36.4 Å². The summed E-state index contributed by atoms with van der Waals surface area (Å²) in [6, 6.07) is 20.6. The number of ketones is 1.